The molecular formula is C24H22FN3O. The quantitative estimate of drug-likeness (QED) is 0.687. The third-order valence-corrected chi connectivity index (χ3v) is 5.24. The maximum atomic E-state index is 13.5. The summed E-state index contributed by atoms with van der Waals surface area (Å²) < 4.78 is 13.5. The number of nitrogens with two attached hydrogens (primary N) is 1. The lowest BCUT2D eigenvalue weighted by atomic mass is 9.97. The van der Waals surface area contributed by atoms with Crippen LogP contribution in [0.3, 0.4) is 0 Å². The Kier molecular flexibility index (Phi) is 5.23. The van der Waals surface area contributed by atoms with Gasteiger partial charge in [-0.05, 0) is 59.5 Å². The molecule has 0 radical (unpaired) electrons. The molecular weight excluding hydrogens is 365 g/mol. The molecule has 3 aromatic rings. The number of rotatable bonds is 5. The first kappa shape index (κ1) is 19.0. The summed E-state index contributed by atoms with van der Waals surface area (Å²) in [6, 6.07) is 19.4. The number of halogens is 1. The van der Waals surface area contributed by atoms with Gasteiger partial charge in [-0.15, -0.1) is 0 Å². The van der Waals surface area contributed by atoms with E-state index in [0.29, 0.717) is 11.1 Å². The molecule has 146 valence electrons. The van der Waals surface area contributed by atoms with Gasteiger partial charge in [0.15, 0.2) is 0 Å². The smallest absolute Gasteiger partial charge is 0.251 e. The first-order valence-electron chi connectivity index (χ1n) is 9.56. The molecule has 1 heterocycles. The first-order chi connectivity index (χ1) is 14.0. The van der Waals surface area contributed by atoms with Gasteiger partial charge in [-0.25, -0.2) is 4.39 Å². The van der Waals surface area contributed by atoms with Gasteiger partial charge in [-0.2, -0.15) is 0 Å². The zero-order valence-corrected chi connectivity index (χ0v) is 16.2. The fraction of sp³-hybridized carbons (Fsp3) is 0.167. The predicted octanol–water partition coefficient (Wildman–Crippen LogP) is 4.25. The van der Waals surface area contributed by atoms with Crippen LogP contribution in [0, 0.1) is 5.82 Å². The first-order valence-corrected chi connectivity index (χ1v) is 9.56. The van der Waals surface area contributed by atoms with Crippen molar-refractivity contribution in [2.24, 2.45) is 10.7 Å². The number of nitrogens with one attached hydrogen (secondary N) is 1. The minimum Gasteiger partial charge on any atom is -0.344 e. The van der Waals surface area contributed by atoms with Crippen LogP contribution in [0.2, 0.25) is 0 Å². The van der Waals surface area contributed by atoms with Gasteiger partial charge in [0.25, 0.3) is 5.91 Å². The van der Waals surface area contributed by atoms with E-state index in [1.807, 2.05) is 25.1 Å². The minimum absolute atomic E-state index is 0.179. The fourth-order valence-electron chi connectivity index (χ4n) is 3.60. The second-order valence-electron chi connectivity index (χ2n) is 7.17. The van der Waals surface area contributed by atoms with Crippen molar-refractivity contribution in [3.05, 3.63) is 94.8 Å². The normalized spacial score (nSPS) is 13.6. The van der Waals surface area contributed by atoms with Crippen molar-refractivity contribution in [2.45, 2.75) is 19.5 Å². The molecule has 0 fully saturated rings. The summed E-state index contributed by atoms with van der Waals surface area (Å²) in [6.07, 6.45) is 0. The van der Waals surface area contributed by atoms with Crippen molar-refractivity contribution in [1.29, 1.82) is 0 Å². The van der Waals surface area contributed by atoms with E-state index < -0.39 is 6.04 Å². The number of hydrogen-bond acceptors (Lipinski definition) is 3. The summed E-state index contributed by atoms with van der Waals surface area (Å²) in [5, 5.41) is 2.90. The molecule has 29 heavy (non-hydrogen) atoms. The molecule has 1 atom stereocenters. The van der Waals surface area contributed by atoms with Gasteiger partial charge in [-0.1, -0.05) is 36.4 Å². The highest BCUT2D eigenvalue weighted by Gasteiger charge is 2.17. The van der Waals surface area contributed by atoms with Crippen LogP contribution < -0.4 is 11.1 Å². The second-order valence-corrected chi connectivity index (χ2v) is 7.17. The Morgan fingerprint density at radius 3 is 2.69 bits per heavy atom. The fourth-order valence-corrected chi connectivity index (χ4v) is 3.60. The summed E-state index contributed by atoms with van der Waals surface area (Å²) in [5.74, 6) is -0.599. The van der Waals surface area contributed by atoms with E-state index in [-0.39, 0.29) is 18.3 Å². The SMILES string of the molecule is CC1=NCc2ccc(-c3cccc(C(=O)NC(CN)c4cccc(F)c4)c3)cc21. The largest absolute Gasteiger partial charge is 0.344 e. The van der Waals surface area contributed by atoms with Gasteiger partial charge >= 0.3 is 0 Å². The lowest BCUT2D eigenvalue weighted by Gasteiger charge is -2.18. The number of carbonyl (C=O) groups excluding carboxylic acids is 1. The molecule has 1 amide bonds. The zero-order valence-electron chi connectivity index (χ0n) is 16.2. The van der Waals surface area contributed by atoms with Crippen LogP contribution >= 0.6 is 0 Å². The van der Waals surface area contributed by atoms with Crippen LogP contribution in [-0.2, 0) is 6.54 Å². The van der Waals surface area contributed by atoms with Gasteiger partial charge in [0.05, 0.1) is 12.6 Å². The van der Waals surface area contributed by atoms with E-state index in [9.17, 15) is 9.18 Å². The Morgan fingerprint density at radius 2 is 1.90 bits per heavy atom. The van der Waals surface area contributed by atoms with E-state index in [4.69, 9.17) is 5.73 Å². The number of aliphatic imine (C=N–C) groups is 1. The number of carbonyl (C=O) groups is 1. The van der Waals surface area contributed by atoms with E-state index in [1.165, 1.54) is 17.7 Å². The maximum absolute atomic E-state index is 13.5. The zero-order chi connectivity index (χ0) is 20.4. The van der Waals surface area contributed by atoms with E-state index in [1.54, 1.807) is 18.2 Å². The highest BCUT2D eigenvalue weighted by atomic mass is 19.1. The van der Waals surface area contributed by atoms with Crippen LogP contribution in [0.4, 0.5) is 4.39 Å². The molecule has 1 unspecified atom stereocenters. The average Bonchev–Trinajstić information content (AvgIpc) is 3.12. The van der Waals surface area contributed by atoms with Crippen molar-refractivity contribution in [1.82, 2.24) is 5.32 Å². The summed E-state index contributed by atoms with van der Waals surface area (Å²) >= 11 is 0. The summed E-state index contributed by atoms with van der Waals surface area (Å²) in [6.45, 7) is 2.92. The van der Waals surface area contributed by atoms with E-state index in [0.717, 1.165) is 28.9 Å². The Bertz CT molecular complexity index is 1110. The minimum atomic E-state index is -0.458. The molecule has 1 aliphatic heterocycles. The van der Waals surface area contributed by atoms with Crippen LogP contribution in [0.25, 0.3) is 11.1 Å². The molecule has 1 aliphatic rings. The summed E-state index contributed by atoms with van der Waals surface area (Å²) in [5.41, 5.74) is 12.4. The van der Waals surface area contributed by atoms with Crippen molar-refractivity contribution in [2.75, 3.05) is 6.54 Å². The van der Waals surface area contributed by atoms with Crippen LogP contribution in [-0.4, -0.2) is 18.2 Å². The topological polar surface area (TPSA) is 67.5 Å². The summed E-state index contributed by atoms with van der Waals surface area (Å²) in [4.78, 5) is 17.3. The molecule has 0 aliphatic carbocycles. The van der Waals surface area contributed by atoms with Gasteiger partial charge in [0.2, 0.25) is 0 Å². The van der Waals surface area contributed by atoms with Crippen molar-refractivity contribution in [3.8, 4) is 11.1 Å². The van der Waals surface area contributed by atoms with Gasteiger partial charge < -0.3 is 11.1 Å². The third-order valence-electron chi connectivity index (χ3n) is 5.24. The third kappa shape index (κ3) is 3.96. The molecule has 0 aromatic heterocycles. The molecule has 3 aromatic carbocycles. The van der Waals surface area contributed by atoms with Crippen molar-refractivity contribution in [3.63, 3.8) is 0 Å². The van der Waals surface area contributed by atoms with Gasteiger partial charge in [-0.3, -0.25) is 9.79 Å². The van der Waals surface area contributed by atoms with Crippen LogP contribution in [0.15, 0.2) is 71.7 Å². The Morgan fingerprint density at radius 1 is 1.10 bits per heavy atom. The standard InChI is InChI=1S/C24H22FN3O/c1-15-22-12-17(8-9-20(22)14-27-15)16-4-2-6-19(10-16)24(29)28-23(13-26)18-5-3-7-21(25)11-18/h2-12,23H,13-14,26H2,1H3,(H,28,29). The lowest BCUT2D eigenvalue weighted by molar-refractivity contribution is 0.0937. The van der Waals surface area contributed by atoms with Gasteiger partial charge in [0, 0.05) is 23.4 Å². The average molecular weight is 387 g/mol. The summed E-state index contributed by atoms with van der Waals surface area (Å²) in [7, 11) is 0. The Labute approximate surface area is 169 Å². The molecule has 0 bridgehead atoms. The molecule has 0 saturated heterocycles. The highest BCUT2D eigenvalue weighted by molar-refractivity contribution is 6.03. The van der Waals surface area contributed by atoms with Gasteiger partial charge in [0.1, 0.15) is 5.82 Å². The monoisotopic (exact) mass is 387 g/mol. The van der Waals surface area contributed by atoms with Crippen LogP contribution in [0.5, 0.6) is 0 Å². The number of nitrogens with zero attached hydrogens (tertiary/aromatic N) is 1. The highest BCUT2D eigenvalue weighted by Crippen LogP contribution is 2.27. The lowest BCUT2D eigenvalue weighted by Crippen LogP contribution is -2.33. The Hall–Kier alpha value is -3.31. The number of hydrogen-bond donors (Lipinski definition) is 2. The van der Waals surface area contributed by atoms with E-state index in [2.05, 4.69) is 28.5 Å². The number of benzene rings is 3. The maximum Gasteiger partial charge on any atom is 0.251 e. The number of amides is 1. The van der Waals surface area contributed by atoms with E-state index >= 15 is 0 Å². The van der Waals surface area contributed by atoms with Crippen LogP contribution in [0.1, 0.15) is 40.0 Å². The van der Waals surface area contributed by atoms with Crippen molar-refractivity contribution >= 4 is 11.6 Å². The Balaban J connectivity index is 1.58. The predicted molar refractivity (Wildman–Crippen MR) is 113 cm³/mol. The molecule has 3 N–H and O–H groups in total. The number of fused-ring (bicyclic) bond motifs is 1. The molecule has 4 nitrogen and oxygen atoms in total. The molecule has 5 heteroatoms. The molecule has 0 spiro atoms. The van der Waals surface area contributed by atoms with Crippen molar-refractivity contribution < 1.29 is 9.18 Å². The molecule has 4 rings (SSSR count). The molecule has 0 saturated carbocycles. The second kappa shape index (κ2) is 7.97.